The van der Waals surface area contributed by atoms with Crippen LogP contribution in [0.2, 0.25) is 0 Å². The Morgan fingerprint density at radius 2 is 2.40 bits per heavy atom. The number of nitrogens with one attached hydrogen (secondary N) is 1. The largest absolute Gasteiger partial charge is 0.494 e. The molecule has 20 heavy (non-hydrogen) atoms. The molecule has 0 radical (unpaired) electrons. The minimum atomic E-state index is -0.0681. The van der Waals surface area contributed by atoms with E-state index in [2.05, 4.69) is 12.2 Å². The summed E-state index contributed by atoms with van der Waals surface area (Å²) >= 11 is 0. The zero-order chi connectivity index (χ0) is 14.2. The van der Waals surface area contributed by atoms with Crippen molar-refractivity contribution >= 4 is 5.91 Å². The van der Waals surface area contributed by atoms with Crippen LogP contribution in [0.5, 0.6) is 5.75 Å². The zero-order valence-corrected chi connectivity index (χ0v) is 12.1. The molecule has 4 heteroatoms. The Bertz CT molecular complexity index is 427. The highest BCUT2D eigenvalue weighted by Crippen LogP contribution is 2.14. The Kier molecular flexibility index (Phi) is 5.87. The molecule has 110 valence electrons. The molecule has 1 saturated heterocycles. The summed E-state index contributed by atoms with van der Waals surface area (Å²) in [5.41, 5.74) is 0.636. The van der Waals surface area contributed by atoms with Crippen LogP contribution in [0.3, 0.4) is 0 Å². The van der Waals surface area contributed by atoms with Crippen molar-refractivity contribution in [1.82, 2.24) is 5.32 Å². The average Bonchev–Trinajstić information content (AvgIpc) is 2.99. The number of carbonyl (C=O) groups is 1. The molecule has 0 aliphatic carbocycles. The van der Waals surface area contributed by atoms with E-state index in [1.165, 1.54) is 0 Å². The number of ether oxygens (including phenoxy) is 2. The number of amides is 1. The highest BCUT2D eigenvalue weighted by Gasteiger charge is 2.16. The van der Waals surface area contributed by atoms with Crippen LogP contribution < -0.4 is 10.1 Å². The molecular formula is C16H23NO3. The number of benzene rings is 1. The fraction of sp³-hybridized carbons (Fsp3) is 0.562. The van der Waals surface area contributed by atoms with Gasteiger partial charge in [0.25, 0.3) is 5.91 Å². The monoisotopic (exact) mass is 277 g/mol. The first-order valence-electron chi connectivity index (χ1n) is 7.42. The molecule has 1 amide bonds. The SMILES string of the molecule is CCCCOc1cccc(C(=O)NC[C@@H]2CCCO2)c1. The summed E-state index contributed by atoms with van der Waals surface area (Å²) in [6.07, 6.45) is 4.40. The summed E-state index contributed by atoms with van der Waals surface area (Å²) in [5.74, 6) is 0.685. The molecule has 1 aliphatic heterocycles. The van der Waals surface area contributed by atoms with Gasteiger partial charge in [0.15, 0.2) is 0 Å². The molecular weight excluding hydrogens is 254 g/mol. The van der Waals surface area contributed by atoms with Crippen molar-refractivity contribution in [2.75, 3.05) is 19.8 Å². The molecule has 1 fully saturated rings. The smallest absolute Gasteiger partial charge is 0.251 e. The highest BCUT2D eigenvalue weighted by molar-refractivity contribution is 5.94. The first-order valence-corrected chi connectivity index (χ1v) is 7.42. The molecule has 1 atom stereocenters. The predicted octanol–water partition coefficient (Wildman–Crippen LogP) is 2.77. The maximum absolute atomic E-state index is 12.1. The Labute approximate surface area is 120 Å². The van der Waals surface area contributed by atoms with Gasteiger partial charge in [-0.1, -0.05) is 19.4 Å². The van der Waals surface area contributed by atoms with Gasteiger partial charge in [-0.2, -0.15) is 0 Å². The van der Waals surface area contributed by atoms with Crippen LogP contribution in [0.15, 0.2) is 24.3 Å². The van der Waals surface area contributed by atoms with E-state index in [9.17, 15) is 4.79 Å². The van der Waals surface area contributed by atoms with Crippen LogP contribution in [-0.4, -0.2) is 31.8 Å². The number of rotatable bonds is 7. The third-order valence-corrected chi connectivity index (χ3v) is 3.38. The van der Waals surface area contributed by atoms with E-state index in [-0.39, 0.29) is 12.0 Å². The Morgan fingerprint density at radius 3 is 3.15 bits per heavy atom. The van der Waals surface area contributed by atoms with Crippen molar-refractivity contribution in [3.63, 3.8) is 0 Å². The molecule has 2 rings (SSSR count). The summed E-state index contributed by atoms with van der Waals surface area (Å²) in [6.45, 7) is 4.21. The van der Waals surface area contributed by atoms with Crippen molar-refractivity contribution < 1.29 is 14.3 Å². The lowest BCUT2D eigenvalue weighted by Gasteiger charge is -2.11. The molecule has 1 aromatic rings. The normalized spacial score (nSPS) is 17.9. The molecule has 0 saturated carbocycles. The maximum atomic E-state index is 12.1. The maximum Gasteiger partial charge on any atom is 0.251 e. The topological polar surface area (TPSA) is 47.6 Å². The first kappa shape index (κ1) is 14.9. The number of carbonyl (C=O) groups excluding carboxylic acids is 1. The lowest BCUT2D eigenvalue weighted by Crippen LogP contribution is -2.31. The van der Waals surface area contributed by atoms with Gasteiger partial charge in [0.05, 0.1) is 12.7 Å². The average molecular weight is 277 g/mol. The van der Waals surface area contributed by atoms with Gasteiger partial charge >= 0.3 is 0 Å². The van der Waals surface area contributed by atoms with Gasteiger partial charge in [-0.05, 0) is 37.5 Å². The third kappa shape index (κ3) is 4.53. The van der Waals surface area contributed by atoms with Crippen molar-refractivity contribution in [3.8, 4) is 5.75 Å². The summed E-state index contributed by atoms with van der Waals surface area (Å²) in [6, 6.07) is 7.33. The molecule has 0 unspecified atom stereocenters. The second-order valence-corrected chi connectivity index (χ2v) is 5.07. The van der Waals surface area contributed by atoms with Gasteiger partial charge in [-0.15, -0.1) is 0 Å². The molecule has 0 bridgehead atoms. The van der Waals surface area contributed by atoms with Crippen LogP contribution >= 0.6 is 0 Å². The standard InChI is InChI=1S/C16H23NO3/c1-2-3-9-19-14-7-4-6-13(11-14)16(18)17-12-15-8-5-10-20-15/h4,6-7,11,15H,2-3,5,8-10,12H2,1H3,(H,17,18)/t15-/m0/s1. The summed E-state index contributed by atoms with van der Waals surface area (Å²) in [7, 11) is 0. The van der Waals surface area contributed by atoms with Crippen molar-refractivity contribution in [3.05, 3.63) is 29.8 Å². The fourth-order valence-corrected chi connectivity index (χ4v) is 2.18. The van der Waals surface area contributed by atoms with Gasteiger partial charge in [0, 0.05) is 18.7 Å². The molecule has 1 aromatic carbocycles. The Morgan fingerprint density at radius 1 is 1.50 bits per heavy atom. The lowest BCUT2D eigenvalue weighted by molar-refractivity contribution is 0.0857. The van der Waals surface area contributed by atoms with Gasteiger partial charge in [0.2, 0.25) is 0 Å². The molecule has 1 heterocycles. The second kappa shape index (κ2) is 7.90. The minimum Gasteiger partial charge on any atom is -0.494 e. The van der Waals surface area contributed by atoms with Crippen LogP contribution in [0.25, 0.3) is 0 Å². The predicted molar refractivity (Wildman–Crippen MR) is 78.2 cm³/mol. The van der Waals surface area contributed by atoms with Gasteiger partial charge in [0.1, 0.15) is 5.75 Å². The van der Waals surface area contributed by atoms with Crippen molar-refractivity contribution in [2.24, 2.45) is 0 Å². The van der Waals surface area contributed by atoms with E-state index in [1.807, 2.05) is 12.1 Å². The van der Waals surface area contributed by atoms with E-state index in [4.69, 9.17) is 9.47 Å². The number of hydrogen-bond donors (Lipinski definition) is 1. The zero-order valence-electron chi connectivity index (χ0n) is 12.1. The van der Waals surface area contributed by atoms with Gasteiger partial charge in [-0.3, -0.25) is 4.79 Å². The summed E-state index contributed by atoms with van der Waals surface area (Å²) < 4.78 is 11.1. The van der Waals surface area contributed by atoms with Crippen molar-refractivity contribution in [1.29, 1.82) is 0 Å². The summed E-state index contributed by atoms with van der Waals surface area (Å²) in [5, 5.41) is 2.92. The lowest BCUT2D eigenvalue weighted by atomic mass is 10.2. The molecule has 1 N–H and O–H groups in total. The van der Waals surface area contributed by atoms with Crippen LogP contribution in [0.4, 0.5) is 0 Å². The van der Waals surface area contributed by atoms with Crippen molar-refractivity contribution in [2.45, 2.75) is 38.7 Å². The van der Waals surface area contributed by atoms with Crippen LogP contribution in [0, 0.1) is 0 Å². The van der Waals surface area contributed by atoms with E-state index < -0.39 is 0 Å². The van der Waals surface area contributed by atoms with E-state index in [0.717, 1.165) is 38.0 Å². The molecule has 0 spiro atoms. The van der Waals surface area contributed by atoms with Crippen LogP contribution in [0.1, 0.15) is 43.0 Å². The quantitative estimate of drug-likeness (QED) is 0.780. The summed E-state index contributed by atoms with van der Waals surface area (Å²) in [4.78, 5) is 12.1. The van der Waals surface area contributed by atoms with E-state index in [0.29, 0.717) is 18.7 Å². The number of hydrogen-bond acceptors (Lipinski definition) is 3. The molecule has 1 aliphatic rings. The fourth-order valence-electron chi connectivity index (χ4n) is 2.18. The highest BCUT2D eigenvalue weighted by atomic mass is 16.5. The van der Waals surface area contributed by atoms with Crippen LogP contribution in [-0.2, 0) is 4.74 Å². The Balaban J connectivity index is 1.83. The van der Waals surface area contributed by atoms with E-state index >= 15 is 0 Å². The van der Waals surface area contributed by atoms with E-state index in [1.54, 1.807) is 12.1 Å². The van der Waals surface area contributed by atoms with Gasteiger partial charge in [-0.25, -0.2) is 0 Å². The number of unbranched alkanes of at least 4 members (excludes halogenated alkanes) is 1. The Hall–Kier alpha value is -1.55. The molecule has 4 nitrogen and oxygen atoms in total. The minimum absolute atomic E-state index is 0.0681. The van der Waals surface area contributed by atoms with Gasteiger partial charge < -0.3 is 14.8 Å². The molecule has 0 aromatic heterocycles. The second-order valence-electron chi connectivity index (χ2n) is 5.07. The first-order chi connectivity index (χ1) is 9.79. The third-order valence-electron chi connectivity index (χ3n) is 3.38.